The van der Waals surface area contributed by atoms with Gasteiger partial charge in [-0.05, 0) is 49.2 Å². The van der Waals surface area contributed by atoms with Crippen LogP contribution in [0.15, 0.2) is 73.1 Å². The van der Waals surface area contributed by atoms with Crippen LogP contribution in [0.25, 0.3) is 22.3 Å². The minimum Gasteiger partial charge on any atom is -0.457 e. The molecular formula is C26H27N7O2. The quantitative estimate of drug-likeness (QED) is 0.414. The molecule has 1 saturated heterocycles. The van der Waals surface area contributed by atoms with Gasteiger partial charge in [0.05, 0.1) is 11.4 Å². The standard InChI is InChI=1S/C26H27N7O2/c27-14-4-9-22(34)32-15-5-6-19(16-32)33-26-23(25(28)29-17-30-26)24(31-33)18-10-12-21(13-11-18)35-20-7-2-1-3-8-20/h1-4,7-13,17,19H,5-6,14-16,27H2,(H2,28,29,30)/b9-4+. The van der Waals surface area contributed by atoms with E-state index in [4.69, 9.17) is 21.3 Å². The molecule has 1 aliphatic rings. The van der Waals surface area contributed by atoms with E-state index in [9.17, 15) is 4.79 Å². The molecular weight excluding hydrogens is 442 g/mol. The highest BCUT2D eigenvalue weighted by Gasteiger charge is 2.28. The smallest absolute Gasteiger partial charge is 0.246 e. The Kier molecular flexibility index (Phi) is 6.40. The zero-order chi connectivity index (χ0) is 24.2. The molecule has 2 aromatic heterocycles. The number of ether oxygens (including phenoxy) is 1. The van der Waals surface area contributed by atoms with Gasteiger partial charge in [-0.3, -0.25) is 4.79 Å². The number of carbonyl (C=O) groups excluding carboxylic acids is 1. The third-order valence-electron chi connectivity index (χ3n) is 6.08. The van der Waals surface area contributed by atoms with Crippen LogP contribution < -0.4 is 16.2 Å². The molecule has 35 heavy (non-hydrogen) atoms. The summed E-state index contributed by atoms with van der Waals surface area (Å²) in [6, 6.07) is 17.3. The summed E-state index contributed by atoms with van der Waals surface area (Å²) in [4.78, 5) is 23.1. The van der Waals surface area contributed by atoms with Crippen molar-refractivity contribution in [3.05, 3.63) is 73.1 Å². The minimum absolute atomic E-state index is 0.0230. The zero-order valence-corrected chi connectivity index (χ0v) is 19.2. The number of nitrogens with two attached hydrogens (primary N) is 2. The van der Waals surface area contributed by atoms with Crippen molar-refractivity contribution in [2.24, 2.45) is 5.73 Å². The van der Waals surface area contributed by atoms with Crippen molar-refractivity contribution >= 4 is 22.8 Å². The van der Waals surface area contributed by atoms with Crippen molar-refractivity contribution in [2.75, 3.05) is 25.4 Å². The minimum atomic E-state index is -0.0417. The van der Waals surface area contributed by atoms with Crippen LogP contribution in [0.1, 0.15) is 18.9 Å². The summed E-state index contributed by atoms with van der Waals surface area (Å²) >= 11 is 0. The number of nitrogen functional groups attached to an aromatic ring is 1. The van der Waals surface area contributed by atoms with E-state index in [1.54, 1.807) is 6.08 Å². The van der Waals surface area contributed by atoms with E-state index in [0.717, 1.165) is 29.9 Å². The van der Waals surface area contributed by atoms with Crippen LogP contribution >= 0.6 is 0 Å². The molecule has 1 aliphatic heterocycles. The maximum atomic E-state index is 12.5. The predicted octanol–water partition coefficient (Wildman–Crippen LogP) is 3.55. The van der Waals surface area contributed by atoms with E-state index in [2.05, 4.69) is 9.97 Å². The van der Waals surface area contributed by atoms with Crippen LogP contribution in [-0.4, -0.2) is 50.2 Å². The lowest BCUT2D eigenvalue weighted by Crippen LogP contribution is -2.40. The summed E-state index contributed by atoms with van der Waals surface area (Å²) in [6.45, 7) is 1.58. The summed E-state index contributed by atoms with van der Waals surface area (Å²) in [5.74, 6) is 1.82. The first-order valence-electron chi connectivity index (χ1n) is 11.6. The van der Waals surface area contributed by atoms with Crippen LogP contribution in [0.2, 0.25) is 0 Å². The van der Waals surface area contributed by atoms with E-state index in [1.807, 2.05) is 64.2 Å². The normalized spacial score (nSPS) is 16.1. The summed E-state index contributed by atoms with van der Waals surface area (Å²) in [6.07, 6.45) is 6.41. The molecule has 5 rings (SSSR count). The molecule has 0 spiro atoms. The lowest BCUT2D eigenvalue weighted by Gasteiger charge is -2.32. The second-order valence-electron chi connectivity index (χ2n) is 8.41. The largest absolute Gasteiger partial charge is 0.457 e. The molecule has 1 atom stereocenters. The van der Waals surface area contributed by atoms with Gasteiger partial charge in [0.2, 0.25) is 5.91 Å². The Bertz CT molecular complexity index is 1350. The van der Waals surface area contributed by atoms with E-state index in [-0.39, 0.29) is 11.9 Å². The monoisotopic (exact) mass is 469 g/mol. The maximum absolute atomic E-state index is 12.5. The Hall–Kier alpha value is -4.24. The number of hydrogen-bond donors (Lipinski definition) is 2. The molecule has 178 valence electrons. The number of hydrogen-bond acceptors (Lipinski definition) is 7. The molecule has 1 unspecified atom stereocenters. The molecule has 0 bridgehead atoms. The fourth-order valence-electron chi connectivity index (χ4n) is 4.39. The van der Waals surface area contributed by atoms with Gasteiger partial charge in [-0.25, -0.2) is 14.6 Å². The Morgan fingerprint density at radius 3 is 2.63 bits per heavy atom. The van der Waals surface area contributed by atoms with Gasteiger partial charge < -0.3 is 21.1 Å². The Balaban J connectivity index is 1.46. The fraction of sp³-hybridized carbons (Fsp3) is 0.231. The van der Waals surface area contributed by atoms with E-state index >= 15 is 0 Å². The number of benzene rings is 2. The van der Waals surface area contributed by atoms with Crippen molar-refractivity contribution in [3.8, 4) is 22.8 Å². The number of nitrogens with zero attached hydrogens (tertiary/aromatic N) is 5. The Morgan fingerprint density at radius 1 is 1.09 bits per heavy atom. The number of amides is 1. The molecule has 2 aromatic carbocycles. The number of rotatable bonds is 6. The molecule has 3 heterocycles. The van der Waals surface area contributed by atoms with Gasteiger partial charge in [-0.15, -0.1) is 0 Å². The second kappa shape index (κ2) is 9.94. The van der Waals surface area contributed by atoms with Crippen molar-refractivity contribution in [2.45, 2.75) is 18.9 Å². The van der Waals surface area contributed by atoms with E-state index in [0.29, 0.717) is 42.2 Å². The lowest BCUT2D eigenvalue weighted by atomic mass is 10.1. The maximum Gasteiger partial charge on any atom is 0.246 e. The van der Waals surface area contributed by atoms with Gasteiger partial charge in [0, 0.05) is 31.3 Å². The number of para-hydroxylation sites is 1. The molecule has 1 fully saturated rings. The van der Waals surface area contributed by atoms with Crippen LogP contribution in [0.4, 0.5) is 5.82 Å². The van der Waals surface area contributed by atoms with Crippen molar-refractivity contribution < 1.29 is 9.53 Å². The summed E-state index contributed by atoms with van der Waals surface area (Å²) in [5, 5.41) is 5.64. The van der Waals surface area contributed by atoms with Gasteiger partial charge in [0.1, 0.15) is 29.3 Å². The molecule has 4 aromatic rings. The molecule has 1 amide bonds. The van der Waals surface area contributed by atoms with Crippen molar-refractivity contribution in [1.29, 1.82) is 0 Å². The molecule has 9 nitrogen and oxygen atoms in total. The van der Waals surface area contributed by atoms with Gasteiger partial charge >= 0.3 is 0 Å². The third kappa shape index (κ3) is 4.71. The lowest BCUT2D eigenvalue weighted by molar-refractivity contribution is -0.127. The summed E-state index contributed by atoms with van der Waals surface area (Å²) in [5.41, 5.74) is 14.0. The van der Waals surface area contributed by atoms with Gasteiger partial charge in [-0.1, -0.05) is 24.3 Å². The number of aromatic nitrogens is 4. The number of piperidine rings is 1. The van der Waals surface area contributed by atoms with Crippen LogP contribution in [0.3, 0.4) is 0 Å². The van der Waals surface area contributed by atoms with Crippen molar-refractivity contribution in [1.82, 2.24) is 24.6 Å². The molecule has 4 N–H and O–H groups in total. The van der Waals surface area contributed by atoms with Gasteiger partial charge in [0.15, 0.2) is 5.65 Å². The topological polar surface area (TPSA) is 125 Å². The average Bonchev–Trinajstić information content (AvgIpc) is 3.29. The summed E-state index contributed by atoms with van der Waals surface area (Å²) in [7, 11) is 0. The van der Waals surface area contributed by atoms with Crippen LogP contribution in [-0.2, 0) is 4.79 Å². The Morgan fingerprint density at radius 2 is 1.86 bits per heavy atom. The highest BCUT2D eigenvalue weighted by molar-refractivity contribution is 5.98. The predicted molar refractivity (Wildman–Crippen MR) is 135 cm³/mol. The fourth-order valence-corrected chi connectivity index (χ4v) is 4.39. The highest BCUT2D eigenvalue weighted by Crippen LogP contribution is 2.34. The van der Waals surface area contributed by atoms with Crippen molar-refractivity contribution in [3.63, 3.8) is 0 Å². The van der Waals surface area contributed by atoms with E-state index in [1.165, 1.54) is 12.4 Å². The average molecular weight is 470 g/mol. The van der Waals surface area contributed by atoms with Gasteiger partial charge in [0.25, 0.3) is 0 Å². The highest BCUT2D eigenvalue weighted by atomic mass is 16.5. The second-order valence-corrected chi connectivity index (χ2v) is 8.41. The molecule has 0 saturated carbocycles. The zero-order valence-electron chi connectivity index (χ0n) is 19.2. The molecule has 9 heteroatoms. The number of likely N-dealkylation sites (tertiary alicyclic amines) is 1. The molecule has 0 radical (unpaired) electrons. The number of carbonyl (C=O) groups is 1. The first-order chi connectivity index (χ1) is 17.1. The summed E-state index contributed by atoms with van der Waals surface area (Å²) < 4.78 is 7.81. The SMILES string of the molecule is NC/C=C/C(=O)N1CCCC(n2nc(-c3ccc(Oc4ccccc4)cc3)c3c(N)ncnc32)C1. The van der Waals surface area contributed by atoms with Gasteiger partial charge in [-0.2, -0.15) is 5.10 Å². The Labute approximate surface area is 203 Å². The first kappa shape index (κ1) is 22.5. The number of anilines is 1. The van der Waals surface area contributed by atoms with Crippen LogP contribution in [0.5, 0.6) is 11.5 Å². The molecule has 0 aliphatic carbocycles. The first-order valence-corrected chi connectivity index (χ1v) is 11.6. The van der Waals surface area contributed by atoms with Crippen LogP contribution in [0, 0.1) is 0 Å². The van der Waals surface area contributed by atoms with E-state index < -0.39 is 0 Å². The number of fused-ring (bicyclic) bond motifs is 1. The third-order valence-corrected chi connectivity index (χ3v) is 6.08.